The number of hydrogen-bond donors (Lipinski definition) is 0. The van der Waals surface area contributed by atoms with Crippen molar-refractivity contribution in [2.75, 3.05) is 25.1 Å². The summed E-state index contributed by atoms with van der Waals surface area (Å²) in [6.45, 7) is 10.2. The molecular weight excluding hydrogens is 376 g/mol. The van der Waals surface area contributed by atoms with Gasteiger partial charge in [-0.25, -0.2) is 4.98 Å². The van der Waals surface area contributed by atoms with Crippen LogP contribution >= 0.6 is 0 Å². The molecule has 156 valence electrons. The lowest BCUT2D eigenvalue weighted by Gasteiger charge is -2.22. The van der Waals surface area contributed by atoms with Crippen molar-refractivity contribution in [3.63, 3.8) is 0 Å². The highest BCUT2D eigenvalue weighted by Crippen LogP contribution is 2.37. The quantitative estimate of drug-likeness (QED) is 0.460. The van der Waals surface area contributed by atoms with Crippen molar-refractivity contribution in [2.24, 2.45) is 0 Å². The number of pyridine rings is 1. The molecule has 0 spiro atoms. The fraction of sp³-hybridized carbons (Fsp3) is 0.375. The Bertz CT molecular complexity index is 1060. The fourth-order valence-electron chi connectivity index (χ4n) is 3.65. The van der Waals surface area contributed by atoms with E-state index in [4.69, 9.17) is 16.3 Å². The number of carbonyl (C=O) groups excluding carboxylic acids is 1. The molecule has 2 heterocycles. The Labute approximate surface area is 177 Å². The second-order valence-electron chi connectivity index (χ2n) is 7.41. The van der Waals surface area contributed by atoms with E-state index in [1.807, 2.05) is 58.8 Å². The van der Waals surface area contributed by atoms with E-state index in [1.165, 1.54) is 0 Å². The molecule has 1 aromatic carbocycles. The molecule has 1 amide bonds. The second kappa shape index (κ2) is 9.93. The molecule has 0 bridgehead atoms. The summed E-state index contributed by atoms with van der Waals surface area (Å²) in [4.78, 5) is 23.0. The number of rotatable bonds is 9. The van der Waals surface area contributed by atoms with Gasteiger partial charge < -0.3 is 4.74 Å². The van der Waals surface area contributed by atoms with Gasteiger partial charge in [-0.15, -0.1) is 0 Å². The minimum absolute atomic E-state index is 0.00881. The molecule has 0 aliphatic carbocycles. The van der Waals surface area contributed by atoms with Crippen LogP contribution < -0.4 is 9.64 Å². The monoisotopic (exact) mass is 405 g/mol. The van der Waals surface area contributed by atoms with E-state index in [1.54, 1.807) is 14.0 Å². The van der Waals surface area contributed by atoms with Crippen molar-refractivity contribution < 1.29 is 9.53 Å². The summed E-state index contributed by atoms with van der Waals surface area (Å²) in [6.07, 6.45) is 5.90. The standard InChI is InChI=1S/C24H29N4O2/c1-18-13-16-28-22(17-18)26-23(20-11-7-8-12-21(20)30-4)24(28)27(19(2)29)15-10-6-5-9-14-25-3/h3,7-8,11-13,16-17H,5-6,9-10,14-15H2,1-2,4H3/q+1. The molecule has 0 N–H and O–H groups in total. The van der Waals surface area contributed by atoms with Crippen LogP contribution in [0.15, 0.2) is 42.6 Å². The molecule has 0 unspecified atom stereocenters. The Morgan fingerprint density at radius 1 is 1.20 bits per heavy atom. The number of carbonyl (C=O) groups is 1. The zero-order valence-electron chi connectivity index (χ0n) is 18.0. The summed E-state index contributed by atoms with van der Waals surface area (Å²) in [7, 11) is 1.65. The van der Waals surface area contributed by atoms with Crippen LogP contribution in [0.1, 0.15) is 38.2 Å². The number of fused-ring (bicyclic) bond motifs is 1. The van der Waals surface area contributed by atoms with Crippen LogP contribution in [0.3, 0.4) is 0 Å². The average Bonchev–Trinajstić information content (AvgIpc) is 3.10. The second-order valence-corrected chi connectivity index (χ2v) is 7.41. The summed E-state index contributed by atoms with van der Waals surface area (Å²) in [5.74, 6) is 1.50. The Hall–Kier alpha value is -3.33. The van der Waals surface area contributed by atoms with Crippen LogP contribution in [0.5, 0.6) is 5.75 Å². The van der Waals surface area contributed by atoms with Gasteiger partial charge in [-0.2, -0.15) is 0 Å². The number of para-hydroxylation sites is 1. The van der Waals surface area contributed by atoms with Gasteiger partial charge in [0.2, 0.25) is 5.91 Å². The summed E-state index contributed by atoms with van der Waals surface area (Å²) in [6, 6.07) is 11.8. The van der Waals surface area contributed by atoms with E-state index < -0.39 is 0 Å². The number of benzene rings is 1. The minimum Gasteiger partial charge on any atom is -0.496 e. The minimum atomic E-state index is -0.00881. The maximum atomic E-state index is 12.7. The summed E-state index contributed by atoms with van der Waals surface area (Å²) in [5, 5.41) is 0. The van der Waals surface area contributed by atoms with Crippen molar-refractivity contribution in [2.45, 2.75) is 39.5 Å². The number of nitrogens with zero attached hydrogens (tertiary/aromatic N) is 4. The third kappa shape index (κ3) is 4.62. The van der Waals surface area contributed by atoms with E-state index in [9.17, 15) is 4.79 Å². The van der Waals surface area contributed by atoms with E-state index in [2.05, 4.69) is 4.85 Å². The highest BCUT2D eigenvalue weighted by Gasteiger charge is 2.24. The zero-order chi connectivity index (χ0) is 21.5. The molecule has 0 saturated heterocycles. The smallest absolute Gasteiger partial charge is 0.263 e. The van der Waals surface area contributed by atoms with Crippen molar-refractivity contribution in [1.29, 1.82) is 0 Å². The van der Waals surface area contributed by atoms with Gasteiger partial charge in [0.1, 0.15) is 22.9 Å². The lowest BCUT2D eigenvalue weighted by molar-refractivity contribution is -0.116. The van der Waals surface area contributed by atoms with Crippen molar-refractivity contribution in [3.05, 3.63) is 53.0 Å². The molecule has 6 heteroatoms. The van der Waals surface area contributed by atoms with Crippen molar-refractivity contribution in [3.8, 4) is 23.6 Å². The molecule has 6 nitrogen and oxygen atoms in total. The fourth-order valence-corrected chi connectivity index (χ4v) is 3.65. The first-order chi connectivity index (χ1) is 14.6. The molecule has 0 aliphatic heterocycles. The normalized spacial score (nSPS) is 10.7. The molecule has 3 rings (SSSR count). The molecule has 0 atom stereocenters. The molecule has 0 fully saturated rings. The Morgan fingerprint density at radius 2 is 1.97 bits per heavy atom. The number of ether oxygens (including phenoxy) is 1. The van der Waals surface area contributed by atoms with E-state index in [-0.39, 0.29) is 5.91 Å². The molecule has 0 radical (unpaired) electrons. The topological polar surface area (TPSA) is 51.2 Å². The van der Waals surface area contributed by atoms with Crippen LogP contribution in [-0.2, 0) is 4.79 Å². The lowest BCUT2D eigenvalue weighted by atomic mass is 10.1. The number of methoxy groups -OCH3 is 1. The van der Waals surface area contributed by atoms with E-state index in [0.29, 0.717) is 13.1 Å². The lowest BCUT2D eigenvalue weighted by Crippen LogP contribution is -2.31. The predicted octanol–water partition coefficient (Wildman–Crippen LogP) is 5.19. The highest BCUT2D eigenvalue weighted by atomic mass is 16.5. The van der Waals surface area contributed by atoms with Gasteiger partial charge in [-0.05, 0) is 49.6 Å². The SMILES string of the molecule is C#[N+]CCCCCCN(C(C)=O)c1c(-c2ccccc2OC)nc2cc(C)ccn12. The third-order valence-corrected chi connectivity index (χ3v) is 5.17. The number of imidazole rings is 1. The Morgan fingerprint density at radius 3 is 2.70 bits per heavy atom. The molecular formula is C24H29N4O2+. The molecule has 2 aromatic heterocycles. The van der Waals surface area contributed by atoms with Gasteiger partial charge in [0, 0.05) is 31.6 Å². The Kier molecular flexibility index (Phi) is 7.08. The zero-order valence-corrected chi connectivity index (χ0v) is 18.0. The van der Waals surface area contributed by atoms with Gasteiger partial charge in [-0.1, -0.05) is 23.4 Å². The molecule has 3 aromatic rings. The van der Waals surface area contributed by atoms with Crippen LogP contribution in [0.25, 0.3) is 21.7 Å². The molecule has 30 heavy (non-hydrogen) atoms. The average molecular weight is 406 g/mol. The van der Waals surface area contributed by atoms with Crippen LogP contribution in [0.2, 0.25) is 0 Å². The van der Waals surface area contributed by atoms with Gasteiger partial charge in [0.25, 0.3) is 13.1 Å². The van der Waals surface area contributed by atoms with Gasteiger partial charge in [0.05, 0.1) is 7.11 Å². The van der Waals surface area contributed by atoms with Gasteiger partial charge >= 0.3 is 0 Å². The molecule has 0 aliphatic rings. The highest BCUT2D eigenvalue weighted by molar-refractivity contribution is 5.96. The summed E-state index contributed by atoms with van der Waals surface area (Å²) < 4.78 is 7.57. The molecule has 0 saturated carbocycles. The third-order valence-electron chi connectivity index (χ3n) is 5.17. The summed E-state index contributed by atoms with van der Waals surface area (Å²) in [5.41, 5.74) is 3.54. The Balaban J connectivity index is 2.03. The number of anilines is 1. The van der Waals surface area contributed by atoms with Crippen LogP contribution in [0, 0.1) is 13.5 Å². The number of aryl methyl sites for hydroxylation is 1. The van der Waals surface area contributed by atoms with Gasteiger partial charge in [-0.3, -0.25) is 14.1 Å². The first-order valence-electron chi connectivity index (χ1n) is 10.3. The van der Waals surface area contributed by atoms with Crippen molar-refractivity contribution in [1.82, 2.24) is 9.38 Å². The maximum absolute atomic E-state index is 12.7. The van der Waals surface area contributed by atoms with Crippen molar-refractivity contribution >= 4 is 17.4 Å². The van der Waals surface area contributed by atoms with Gasteiger partial charge in [0.15, 0.2) is 0 Å². The first kappa shape index (κ1) is 21.4. The maximum Gasteiger partial charge on any atom is 0.263 e. The number of unbranched alkanes of at least 4 members (excludes halogenated alkanes) is 3. The van der Waals surface area contributed by atoms with E-state index in [0.717, 1.165) is 59.7 Å². The predicted molar refractivity (Wildman–Crippen MR) is 122 cm³/mol. The van der Waals surface area contributed by atoms with Crippen LogP contribution in [-0.4, -0.2) is 35.5 Å². The van der Waals surface area contributed by atoms with Crippen LogP contribution in [0.4, 0.5) is 5.82 Å². The number of hydrogen-bond acceptors (Lipinski definition) is 3. The first-order valence-corrected chi connectivity index (χ1v) is 10.3. The van der Waals surface area contributed by atoms with E-state index >= 15 is 0 Å². The largest absolute Gasteiger partial charge is 0.496 e. The number of aromatic nitrogens is 2. The summed E-state index contributed by atoms with van der Waals surface area (Å²) >= 11 is 0. The number of amides is 1.